The molecular weight excluding hydrogens is 374 g/mol. The third kappa shape index (κ3) is 2.75. The summed E-state index contributed by atoms with van der Waals surface area (Å²) in [5, 5.41) is 20.2. The highest BCUT2D eigenvalue weighted by Crippen LogP contribution is 2.47. The van der Waals surface area contributed by atoms with Gasteiger partial charge in [0.15, 0.2) is 0 Å². The molecule has 2 atom stereocenters. The zero-order valence-electron chi connectivity index (χ0n) is 14.3. The van der Waals surface area contributed by atoms with E-state index in [9.17, 15) is 22.7 Å². The summed E-state index contributed by atoms with van der Waals surface area (Å²) >= 11 is 0. The fourth-order valence-corrected chi connectivity index (χ4v) is 3.68. The lowest BCUT2D eigenvalue weighted by Crippen LogP contribution is -2.24. The number of imidazole rings is 1. The number of hydrogen-bond donors (Lipinski definition) is 1. The zero-order chi connectivity index (χ0) is 20.1. The van der Waals surface area contributed by atoms with E-state index in [0.29, 0.717) is 5.69 Å². The van der Waals surface area contributed by atoms with Gasteiger partial charge >= 0.3 is 6.18 Å². The van der Waals surface area contributed by atoms with Crippen LogP contribution in [0.5, 0.6) is 0 Å². The molecule has 142 valence electrons. The first-order chi connectivity index (χ1) is 13.2. The van der Waals surface area contributed by atoms with Crippen LogP contribution < -0.4 is 0 Å². The van der Waals surface area contributed by atoms with Crippen molar-refractivity contribution in [1.29, 1.82) is 5.26 Å². The Morgan fingerprint density at radius 1 is 1.18 bits per heavy atom. The molecule has 0 amide bonds. The summed E-state index contributed by atoms with van der Waals surface area (Å²) < 4.78 is 54.6. The Bertz CT molecular complexity index is 1080. The SMILES string of the molecule is N#Cc1ccc([C@H]2C[C@](O)(c3ccc(C(F)(F)F)cc3)c3cncn32)c(F)c1. The summed E-state index contributed by atoms with van der Waals surface area (Å²) in [4.78, 5) is 4.01. The number of rotatable bonds is 2. The highest BCUT2D eigenvalue weighted by Gasteiger charge is 2.45. The van der Waals surface area contributed by atoms with E-state index in [1.807, 2.05) is 6.07 Å². The summed E-state index contributed by atoms with van der Waals surface area (Å²) in [7, 11) is 0. The maximum atomic E-state index is 14.5. The quantitative estimate of drug-likeness (QED) is 0.673. The van der Waals surface area contributed by atoms with Crippen molar-refractivity contribution in [3.8, 4) is 6.07 Å². The molecule has 1 aliphatic heterocycles. The van der Waals surface area contributed by atoms with E-state index in [4.69, 9.17) is 5.26 Å². The second-order valence-electron chi connectivity index (χ2n) is 6.69. The van der Waals surface area contributed by atoms with E-state index in [0.717, 1.165) is 18.2 Å². The van der Waals surface area contributed by atoms with Crippen LogP contribution in [0.2, 0.25) is 0 Å². The number of aromatic nitrogens is 2. The molecule has 4 nitrogen and oxygen atoms in total. The molecule has 2 aromatic carbocycles. The third-order valence-electron chi connectivity index (χ3n) is 5.09. The summed E-state index contributed by atoms with van der Waals surface area (Å²) in [5.74, 6) is -0.597. The number of nitriles is 1. The average Bonchev–Trinajstić information content (AvgIpc) is 3.25. The van der Waals surface area contributed by atoms with Crippen molar-refractivity contribution in [2.24, 2.45) is 0 Å². The number of hydrogen-bond acceptors (Lipinski definition) is 3. The molecule has 4 rings (SSSR count). The van der Waals surface area contributed by atoms with Crippen LogP contribution in [-0.4, -0.2) is 14.7 Å². The molecule has 0 spiro atoms. The van der Waals surface area contributed by atoms with Gasteiger partial charge in [0, 0.05) is 12.0 Å². The van der Waals surface area contributed by atoms with E-state index in [2.05, 4.69) is 4.98 Å². The van der Waals surface area contributed by atoms with E-state index >= 15 is 0 Å². The molecule has 0 bridgehead atoms. The molecule has 8 heteroatoms. The molecule has 0 fully saturated rings. The van der Waals surface area contributed by atoms with Crippen LogP contribution in [0.25, 0.3) is 0 Å². The molecular formula is C20H13F4N3O. The van der Waals surface area contributed by atoms with Gasteiger partial charge in [0.1, 0.15) is 11.4 Å². The van der Waals surface area contributed by atoms with E-state index in [-0.39, 0.29) is 23.1 Å². The molecule has 0 radical (unpaired) electrons. The van der Waals surface area contributed by atoms with Crippen molar-refractivity contribution in [3.63, 3.8) is 0 Å². The van der Waals surface area contributed by atoms with Gasteiger partial charge in [0.2, 0.25) is 0 Å². The third-order valence-corrected chi connectivity index (χ3v) is 5.09. The van der Waals surface area contributed by atoms with Gasteiger partial charge in [-0.25, -0.2) is 9.37 Å². The average molecular weight is 387 g/mol. The van der Waals surface area contributed by atoms with Gasteiger partial charge in [-0.1, -0.05) is 18.2 Å². The summed E-state index contributed by atoms with van der Waals surface area (Å²) in [6, 6.07) is 9.56. The van der Waals surface area contributed by atoms with Crippen LogP contribution in [0.3, 0.4) is 0 Å². The first-order valence-electron chi connectivity index (χ1n) is 8.36. The van der Waals surface area contributed by atoms with Gasteiger partial charge in [0.05, 0.1) is 41.5 Å². The second-order valence-corrected chi connectivity index (χ2v) is 6.69. The van der Waals surface area contributed by atoms with Gasteiger partial charge in [-0.3, -0.25) is 0 Å². The lowest BCUT2D eigenvalue weighted by atomic mass is 9.86. The lowest BCUT2D eigenvalue weighted by Gasteiger charge is -2.24. The smallest absolute Gasteiger partial charge is 0.379 e. The Labute approximate surface area is 157 Å². The molecule has 3 aromatic rings. The van der Waals surface area contributed by atoms with Crippen LogP contribution in [0.1, 0.15) is 40.4 Å². The predicted octanol–water partition coefficient (Wildman–Crippen LogP) is 4.14. The number of benzene rings is 2. The molecule has 0 saturated carbocycles. The van der Waals surface area contributed by atoms with Crippen molar-refractivity contribution in [2.45, 2.75) is 24.2 Å². The van der Waals surface area contributed by atoms with Crippen LogP contribution in [0.4, 0.5) is 17.6 Å². The first kappa shape index (κ1) is 18.2. The minimum atomic E-state index is -4.48. The Balaban J connectivity index is 1.76. The molecule has 2 heterocycles. The standard InChI is InChI=1S/C20H13F4N3O/c21-16-7-12(9-25)1-6-15(16)17-8-19(28,18-10-26-11-27(17)18)13-2-4-14(5-3-13)20(22,23)24/h1-7,10-11,17,28H,8H2/t17-,19+/m1/s1. The van der Waals surface area contributed by atoms with E-state index < -0.39 is 29.2 Å². The van der Waals surface area contributed by atoms with Crippen molar-refractivity contribution in [2.75, 3.05) is 0 Å². The van der Waals surface area contributed by atoms with E-state index in [1.54, 1.807) is 4.57 Å². The maximum absolute atomic E-state index is 14.5. The molecule has 0 unspecified atom stereocenters. The summed E-state index contributed by atoms with van der Waals surface area (Å²) in [6.45, 7) is 0. The maximum Gasteiger partial charge on any atom is 0.416 e. The zero-order valence-corrected chi connectivity index (χ0v) is 14.3. The molecule has 0 aliphatic carbocycles. The first-order valence-corrected chi connectivity index (χ1v) is 8.36. The van der Waals surface area contributed by atoms with Crippen molar-refractivity contribution in [3.05, 3.63) is 88.8 Å². The van der Waals surface area contributed by atoms with Crippen molar-refractivity contribution in [1.82, 2.24) is 9.55 Å². The summed E-state index contributed by atoms with van der Waals surface area (Å²) in [5.41, 5.74) is -1.38. The van der Waals surface area contributed by atoms with Gasteiger partial charge < -0.3 is 9.67 Å². The second kappa shape index (κ2) is 6.17. The molecule has 1 aromatic heterocycles. The topological polar surface area (TPSA) is 61.8 Å². The molecule has 0 saturated heterocycles. The monoisotopic (exact) mass is 387 g/mol. The fourth-order valence-electron chi connectivity index (χ4n) is 3.68. The Hall–Kier alpha value is -3.18. The molecule has 1 N–H and O–H groups in total. The van der Waals surface area contributed by atoms with Crippen LogP contribution >= 0.6 is 0 Å². The Morgan fingerprint density at radius 3 is 2.50 bits per heavy atom. The minimum Gasteiger partial charge on any atom is -0.379 e. The normalized spacial score (nSPS) is 21.4. The number of halogens is 4. The number of alkyl halides is 3. The Morgan fingerprint density at radius 2 is 1.89 bits per heavy atom. The molecule has 1 aliphatic rings. The number of aliphatic hydroxyl groups is 1. The minimum absolute atomic E-state index is 0.0268. The predicted molar refractivity (Wildman–Crippen MR) is 90.5 cm³/mol. The van der Waals surface area contributed by atoms with Crippen molar-refractivity contribution < 1.29 is 22.7 Å². The van der Waals surface area contributed by atoms with Gasteiger partial charge in [-0.2, -0.15) is 18.4 Å². The van der Waals surface area contributed by atoms with Gasteiger partial charge in [-0.05, 0) is 29.8 Å². The van der Waals surface area contributed by atoms with Crippen LogP contribution in [0.15, 0.2) is 55.0 Å². The highest BCUT2D eigenvalue weighted by atomic mass is 19.4. The lowest BCUT2D eigenvalue weighted by molar-refractivity contribution is -0.137. The summed E-state index contributed by atoms with van der Waals surface area (Å²) in [6.07, 6.45) is -1.59. The van der Waals surface area contributed by atoms with E-state index in [1.165, 1.54) is 36.8 Å². The molecule has 28 heavy (non-hydrogen) atoms. The van der Waals surface area contributed by atoms with Crippen LogP contribution in [0, 0.1) is 17.1 Å². The van der Waals surface area contributed by atoms with Crippen molar-refractivity contribution >= 4 is 0 Å². The highest BCUT2D eigenvalue weighted by molar-refractivity contribution is 5.41. The number of fused-ring (bicyclic) bond motifs is 1. The largest absolute Gasteiger partial charge is 0.416 e. The van der Waals surface area contributed by atoms with Gasteiger partial charge in [0.25, 0.3) is 0 Å². The fraction of sp³-hybridized carbons (Fsp3) is 0.200. The Kier molecular flexibility index (Phi) is 4.01. The van der Waals surface area contributed by atoms with Crippen LogP contribution in [-0.2, 0) is 11.8 Å². The number of nitrogens with zero attached hydrogens (tertiary/aromatic N) is 3. The van der Waals surface area contributed by atoms with Gasteiger partial charge in [-0.15, -0.1) is 0 Å².